The zero-order chi connectivity index (χ0) is 15.2. The summed E-state index contributed by atoms with van der Waals surface area (Å²) >= 11 is 0. The Morgan fingerprint density at radius 3 is 2.86 bits per heavy atom. The Kier molecular flexibility index (Phi) is 5.51. The molecule has 0 aliphatic carbocycles. The minimum atomic E-state index is 0.265. The number of unbranched alkanes of at least 4 members (excludes halogenated alkanes) is 1. The maximum Gasteiger partial charge on any atom is 0.195 e. The second-order valence-corrected chi connectivity index (χ2v) is 5.38. The van der Waals surface area contributed by atoms with Crippen LogP contribution >= 0.6 is 0 Å². The summed E-state index contributed by atoms with van der Waals surface area (Å²) in [5.74, 6) is 0.804. The van der Waals surface area contributed by atoms with Gasteiger partial charge in [-0.1, -0.05) is 19.4 Å². The van der Waals surface area contributed by atoms with E-state index in [1.54, 1.807) is 0 Å². The van der Waals surface area contributed by atoms with Crippen LogP contribution in [0.3, 0.4) is 0 Å². The van der Waals surface area contributed by atoms with Crippen molar-refractivity contribution in [2.45, 2.75) is 46.0 Å². The molecule has 21 heavy (non-hydrogen) atoms. The van der Waals surface area contributed by atoms with Gasteiger partial charge in [0, 0.05) is 13.0 Å². The van der Waals surface area contributed by atoms with Crippen LogP contribution in [0.2, 0.25) is 0 Å². The number of nitrogens with two attached hydrogens (primary N) is 1. The minimum Gasteiger partial charge on any atom is -0.440 e. The number of hydrogen-bond donors (Lipinski definition) is 1. The molecule has 3 nitrogen and oxygen atoms in total. The summed E-state index contributed by atoms with van der Waals surface area (Å²) in [6.45, 7) is 4.45. The van der Waals surface area contributed by atoms with Crippen LogP contribution in [0.1, 0.15) is 43.2 Å². The van der Waals surface area contributed by atoms with Crippen molar-refractivity contribution in [3.05, 3.63) is 41.1 Å². The Bertz CT molecular complexity index is 631. The quantitative estimate of drug-likeness (QED) is 0.830. The zero-order valence-corrected chi connectivity index (χ0v) is 12.8. The molecule has 2 rings (SSSR count). The standard InChI is InChI=1S/C17H23FN2O/c1-3-4-5-16-20-15-9-8-14(12(2)17(15)21-16)7-6-13(10-18)11-19/h8-10H,3-7,11,19H2,1-2H3/b13-10-. The maximum atomic E-state index is 12.6. The summed E-state index contributed by atoms with van der Waals surface area (Å²) in [6, 6.07) is 4.04. The van der Waals surface area contributed by atoms with E-state index >= 15 is 0 Å². The number of aryl methyl sites for hydroxylation is 3. The Hall–Kier alpha value is -1.68. The molecular formula is C17H23FN2O. The maximum absolute atomic E-state index is 12.6. The molecule has 4 heteroatoms. The third kappa shape index (κ3) is 3.70. The van der Waals surface area contributed by atoms with Crippen molar-refractivity contribution in [3.63, 3.8) is 0 Å². The van der Waals surface area contributed by atoms with Crippen LogP contribution in [-0.2, 0) is 12.8 Å². The van der Waals surface area contributed by atoms with Gasteiger partial charge >= 0.3 is 0 Å². The van der Waals surface area contributed by atoms with Crippen molar-refractivity contribution in [1.29, 1.82) is 0 Å². The van der Waals surface area contributed by atoms with Crippen LogP contribution in [0.5, 0.6) is 0 Å². The molecule has 0 bridgehead atoms. The van der Waals surface area contributed by atoms with Gasteiger partial charge in [-0.05, 0) is 49.0 Å². The second-order valence-electron chi connectivity index (χ2n) is 5.38. The molecule has 1 aromatic heterocycles. The fraction of sp³-hybridized carbons (Fsp3) is 0.471. The van der Waals surface area contributed by atoms with E-state index in [-0.39, 0.29) is 6.54 Å². The number of aromatic nitrogens is 1. The van der Waals surface area contributed by atoms with Crippen LogP contribution < -0.4 is 5.73 Å². The molecule has 0 saturated carbocycles. The van der Waals surface area contributed by atoms with Gasteiger partial charge in [0.25, 0.3) is 0 Å². The predicted molar refractivity (Wildman–Crippen MR) is 83.9 cm³/mol. The van der Waals surface area contributed by atoms with E-state index in [4.69, 9.17) is 10.2 Å². The lowest BCUT2D eigenvalue weighted by atomic mass is 10.0. The van der Waals surface area contributed by atoms with E-state index in [0.29, 0.717) is 18.3 Å². The third-order valence-electron chi connectivity index (χ3n) is 3.84. The first-order valence-electron chi connectivity index (χ1n) is 7.55. The van der Waals surface area contributed by atoms with Crippen molar-refractivity contribution in [2.24, 2.45) is 5.73 Å². The molecule has 0 spiro atoms. The highest BCUT2D eigenvalue weighted by atomic mass is 19.1. The number of benzene rings is 1. The molecule has 0 amide bonds. The first-order valence-corrected chi connectivity index (χ1v) is 7.55. The SMILES string of the molecule is CCCCc1nc2ccc(CC/C(=C/F)CN)c(C)c2o1. The number of halogens is 1. The monoisotopic (exact) mass is 290 g/mol. The van der Waals surface area contributed by atoms with E-state index in [1.807, 2.05) is 13.0 Å². The van der Waals surface area contributed by atoms with E-state index < -0.39 is 0 Å². The molecular weight excluding hydrogens is 267 g/mol. The Labute approximate surface area is 125 Å². The molecule has 2 aromatic rings. The Morgan fingerprint density at radius 1 is 1.38 bits per heavy atom. The smallest absolute Gasteiger partial charge is 0.195 e. The van der Waals surface area contributed by atoms with E-state index in [1.165, 1.54) is 0 Å². The first kappa shape index (κ1) is 15.7. The largest absolute Gasteiger partial charge is 0.440 e. The van der Waals surface area contributed by atoms with Gasteiger partial charge in [0.05, 0.1) is 6.33 Å². The number of oxazole rings is 1. The highest BCUT2D eigenvalue weighted by Crippen LogP contribution is 2.25. The van der Waals surface area contributed by atoms with Crippen molar-refractivity contribution < 1.29 is 8.81 Å². The highest BCUT2D eigenvalue weighted by molar-refractivity contribution is 5.77. The molecule has 0 aliphatic heterocycles. The molecule has 1 heterocycles. The number of nitrogens with zero attached hydrogens (tertiary/aromatic N) is 1. The van der Waals surface area contributed by atoms with Crippen LogP contribution in [-0.4, -0.2) is 11.5 Å². The Morgan fingerprint density at radius 2 is 2.19 bits per heavy atom. The summed E-state index contributed by atoms with van der Waals surface area (Å²) in [7, 11) is 0. The molecule has 114 valence electrons. The summed E-state index contributed by atoms with van der Waals surface area (Å²) < 4.78 is 18.4. The van der Waals surface area contributed by atoms with Crippen molar-refractivity contribution in [3.8, 4) is 0 Å². The fourth-order valence-electron chi connectivity index (χ4n) is 2.41. The number of rotatable bonds is 7. The minimum absolute atomic E-state index is 0.265. The van der Waals surface area contributed by atoms with Gasteiger partial charge in [0.2, 0.25) is 0 Å². The lowest BCUT2D eigenvalue weighted by molar-refractivity contribution is 0.516. The highest BCUT2D eigenvalue weighted by Gasteiger charge is 2.11. The predicted octanol–water partition coefficient (Wildman–Crippen LogP) is 4.22. The molecule has 0 saturated heterocycles. The topological polar surface area (TPSA) is 52.0 Å². The molecule has 0 aliphatic rings. The van der Waals surface area contributed by atoms with Crippen LogP contribution in [0.25, 0.3) is 11.1 Å². The normalized spacial score (nSPS) is 12.3. The van der Waals surface area contributed by atoms with Crippen LogP contribution in [0.15, 0.2) is 28.5 Å². The average molecular weight is 290 g/mol. The zero-order valence-electron chi connectivity index (χ0n) is 12.8. The fourth-order valence-corrected chi connectivity index (χ4v) is 2.41. The molecule has 0 fully saturated rings. The second kappa shape index (κ2) is 7.36. The lowest BCUT2D eigenvalue weighted by Gasteiger charge is -2.06. The Balaban J connectivity index is 2.20. The number of fused-ring (bicyclic) bond motifs is 1. The summed E-state index contributed by atoms with van der Waals surface area (Å²) in [6.07, 6.45) is 5.10. The molecule has 0 radical (unpaired) electrons. The lowest BCUT2D eigenvalue weighted by Crippen LogP contribution is -2.04. The molecule has 0 unspecified atom stereocenters. The van der Waals surface area contributed by atoms with E-state index in [2.05, 4.69) is 18.0 Å². The first-order chi connectivity index (χ1) is 10.2. The van der Waals surface area contributed by atoms with Crippen molar-refractivity contribution in [1.82, 2.24) is 4.98 Å². The van der Waals surface area contributed by atoms with Gasteiger partial charge < -0.3 is 10.2 Å². The van der Waals surface area contributed by atoms with Gasteiger partial charge in [-0.15, -0.1) is 0 Å². The molecule has 0 atom stereocenters. The third-order valence-corrected chi connectivity index (χ3v) is 3.84. The van der Waals surface area contributed by atoms with Crippen molar-refractivity contribution >= 4 is 11.1 Å². The van der Waals surface area contributed by atoms with Crippen molar-refractivity contribution in [2.75, 3.05) is 6.54 Å². The average Bonchev–Trinajstić information content (AvgIpc) is 2.92. The summed E-state index contributed by atoms with van der Waals surface area (Å²) in [4.78, 5) is 4.52. The number of hydrogen-bond acceptors (Lipinski definition) is 3. The van der Waals surface area contributed by atoms with Gasteiger partial charge in [-0.2, -0.15) is 0 Å². The van der Waals surface area contributed by atoms with Gasteiger partial charge in [-0.3, -0.25) is 0 Å². The van der Waals surface area contributed by atoms with E-state index in [0.717, 1.165) is 53.8 Å². The molecule has 1 aromatic carbocycles. The van der Waals surface area contributed by atoms with E-state index in [9.17, 15) is 4.39 Å². The van der Waals surface area contributed by atoms with Crippen LogP contribution in [0.4, 0.5) is 4.39 Å². The van der Waals surface area contributed by atoms with Gasteiger partial charge in [0.1, 0.15) is 5.52 Å². The van der Waals surface area contributed by atoms with Crippen LogP contribution in [0, 0.1) is 6.92 Å². The summed E-state index contributed by atoms with van der Waals surface area (Å²) in [5.41, 5.74) is 10.1. The van der Waals surface area contributed by atoms with Gasteiger partial charge in [0.15, 0.2) is 11.5 Å². The van der Waals surface area contributed by atoms with Gasteiger partial charge in [-0.25, -0.2) is 9.37 Å². The summed E-state index contributed by atoms with van der Waals surface area (Å²) in [5, 5.41) is 0. The molecule has 2 N–H and O–H groups in total.